The van der Waals surface area contributed by atoms with Gasteiger partial charge in [-0.3, -0.25) is 9.59 Å². The molecule has 1 aromatic heterocycles. The molecule has 9 nitrogen and oxygen atoms in total. The second kappa shape index (κ2) is 9.53. The van der Waals surface area contributed by atoms with Crippen LogP contribution in [0.2, 0.25) is 0 Å². The van der Waals surface area contributed by atoms with Crippen LogP contribution in [-0.4, -0.2) is 57.2 Å². The first-order valence-electron chi connectivity index (χ1n) is 9.44. The number of H-pyrrole nitrogens is 1. The van der Waals surface area contributed by atoms with Crippen molar-refractivity contribution in [2.45, 2.75) is 51.4 Å². The maximum atomic E-state index is 12.7. The van der Waals surface area contributed by atoms with E-state index in [-0.39, 0.29) is 12.3 Å². The quantitative estimate of drug-likeness (QED) is 0.349. The molecule has 0 saturated carbocycles. The average Bonchev–Trinajstić information content (AvgIpc) is 3.07. The molecule has 1 heterocycles. The number of rotatable bonds is 9. The molecule has 0 bridgehead atoms. The Morgan fingerprint density at radius 2 is 1.76 bits per heavy atom. The number of aromatic nitrogens is 1. The molecule has 0 aliphatic rings. The fraction of sp³-hybridized carbons (Fsp3) is 0.450. The molecule has 0 saturated heterocycles. The molecule has 29 heavy (non-hydrogen) atoms. The van der Waals surface area contributed by atoms with Crippen LogP contribution >= 0.6 is 0 Å². The summed E-state index contributed by atoms with van der Waals surface area (Å²) in [6.45, 7) is 4.80. The Kier molecular flexibility index (Phi) is 7.35. The number of aromatic amines is 1. The number of fused-ring (bicyclic) bond motifs is 1. The summed E-state index contributed by atoms with van der Waals surface area (Å²) in [6, 6.07) is 4.11. The van der Waals surface area contributed by atoms with Gasteiger partial charge in [0, 0.05) is 23.5 Å². The number of aliphatic hydroxyl groups excluding tert-OH is 1. The Morgan fingerprint density at radius 3 is 2.34 bits per heavy atom. The van der Waals surface area contributed by atoms with Crippen LogP contribution in [0.4, 0.5) is 0 Å². The van der Waals surface area contributed by atoms with Crippen molar-refractivity contribution in [1.29, 1.82) is 0 Å². The molecule has 0 unspecified atom stereocenters. The van der Waals surface area contributed by atoms with E-state index in [9.17, 15) is 24.6 Å². The topological polar surface area (TPSA) is 158 Å². The van der Waals surface area contributed by atoms with Crippen molar-refractivity contribution >= 4 is 28.7 Å². The van der Waals surface area contributed by atoms with Crippen molar-refractivity contribution in [3.8, 4) is 0 Å². The van der Waals surface area contributed by atoms with Crippen LogP contribution in [0.5, 0.6) is 0 Å². The van der Waals surface area contributed by atoms with Crippen LogP contribution in [0.25, 0.3) is 10.9 Å². The second-order valence-corrected chi connectivity index (χ2v) is 7.46. The van der Waals surface area contributed by atoms with Gasteiger partial charge in [0.25, 0.3) is 0 Å². The molecule has 2 aromatic rings. The number of carbonyl (C=O) groups excluding carboxylic acids is 2. The monoisotopic (exact) mass is 404 g/mol. The van der Waals surface area contributed by atoms with Gasteiger partial charge in [-0.05, 0) is 24.5 Å². The third-order valence-electron chi connectivity index (χ3n) is 4.78. The van der Waals surface area contributed by atoms with Gasteiger partial charge in [0.05, 0.1) is 6.10 Å². The summed E-state index contributed by atoms with van der Waals surface area (Å²) in [4.78, 5) is 39.7. The number of carboxylic acid groups (broad SMARTS) is 1. The molecule has 7 N–H and O–H groups in total. The molecule has 1 aromatic carbocycles. The highest BCUT2D eigenvalue weighted by Crippen LogP contribution is 2.19. The number of para-hydroxylation sites is 1. The minimum absolute atomic E-state index is 0.0804. The summed E-state index contributed by atoms with van der Waals surface area (Å²) in [6.07, 6.45) is 0.715. The van der Waals surface area contributed by atoms with Crippen molar-refractivity contribution in [2.24, 2.45) is 11.7 Å². The lowest BCUT2D eigenvalue weighted by molar-refractivity contribution is -0.142. The van der Waals surface area contributed by atoms with Gasteiger partial charge in [-0.15, -0.1) is 0 Å². The Hall–Kier alpha value is -2.91. The van der Waals surface area contributed by atoms with Gasteiger partial charge in [0.15, 0.2) is 0 Å². The zero-order valence-electron chi connectivity index (χ0n) is 16.7. The highest BCUT2D eigenvalue weighted by molar-refractivity contribution is 5.92. The molecule has 0 spiro atoms. The lowest BCUT2D eigenvalue weighted by atomic mass is 10.0. The fourth-order valence-corrected chi connectivity index (χ4v) is 2.99. The standard InChI is InChI=1S/C20H28N4O5/c1-10(2)17(24-18(26)16(21)11(3)25)19(27)23-15(20(28)29)8-12-9-22-14-7-5-4-6-13(12)14/h4-7,9-11,15-17,22,25H,8,21H2,1-3H3,(H,23,27)(H,24,26)(H,28,29)/t11-,15+,16+,17+/m1/s1. The van der Waals surface area contributed by atoms with Crippen molar-refractivity contribution in [3.05, 3.63) is 36.0 Å². The van der Waals surface area contributed by atoms with E-state index in [1.807, 2.05) is 24.3 Å². The zero-order chi connectivity index (χ0) is 21.7. The van der Waals surface area contributed by atoms with Gasteiger partial charge in [-0.1, -0.05) is 32.0 Å². The predicted octanol–water partition coefficient (Wildman–Crippen LogP) is 0.129. The summed E-state index contributed by atoms with van der Waals surface area (Å²) in [7, 11) is 0. The number of nitrogens with two attached hydrogens (primary N) is 1. The Morgan fingerprint density at radius 1 is 1.10 bits per heavy atom. The van der Waals surface area contributed by atoms with E-state index in [4.69, 9.17) is 5.73 Å². The first-order valence-corrected chi connectivity index (χ1v) is 9.44. The van der Waals surface area contributed by atoms with Crippen molar-refractivity contribution in [2.75, 3.05) is 0 Å². The fourth-order valence-electron chi connectivity index (χ4n) is 2.99. The number of amides is 2. The molecule has 0 radical (unpaired) electrons. The number of carbonyl (C=O) groups is 3. The molecule has 0 fully saturated rings. The van der Waals surface area contributed by atoms with Gasteiger partial charge in [-0.2, -0.15) is 0 Å². The lowest BCUT2D eigenvalue weighted by Gasteiger charge is -2.26. The average molecular weight is 404 g/mol. The Bertz CT molecular complexity index is 877. The van der Waals surface area contributed by atoms with Gasteiger partial charge in [0.1, 0.15) is 18.1 Å². The predicted molar refractivity (Wildman–Crippen MR) is 108 cm³/mol. The maximum Gasteiger partial charge on any atom is 0.326 e. The normalized spacial score (nSPS) is 15.5. The van der Waals surface area contributed by atoms with Crippen molar-refractivity contribution < 1.29 is 24.6 Å². The van der Waals surface area contributed by atoms with E-state index in [2.05, 4.69) is 15.6 Å². The Balaban J connectivity index is 2.14. The van der Waals surface area contributed by atoms with E-state index in [0.29, 0.717) is 0 Å². The Labute approximate surface area is 168 Å². The van der Waals surface area contributed by atoms with Crippen LogP contribution < -0.4 is 16.4 Å². The molecule has 2 rings (SSSR count). The van der Waals surface area contributed by atoms with E-state index in [1.165, 1.54) is 6.92 Å². The summed E-state index contributed by atoms with van der Waals surface area (Å²) in [5, 5.41) is 24.9. The maximum absolute atomic E-state index is 12.7. The van der Waals surface area contributed by atoms with Crippen LogP contribution in [0, 0.1) is 5.92 Å². The van der Waals surface area contributed by atoms with Gasteiger partial charge in [-0.25, -0.2) is 4.79 Å². The summed E-state index contributed by atoms with van der Waals surface area (Å²) in [5.41, 5.74) is 7.24. The highest BCUT2D eigenvalue weighted by Gasteiger charge is 2.31. The number of hydrogen-bond donors (Lipinski definition) is 6. The number of benzene rings is 1. The second-order valence-electron chi connectivity index (χ2n) is 7.46. The van der Waals surface area contributed by atoms with Gasteiger partial charge >= 0.3 is 5.97 Å². The zero-order valence-corrected chi connectivity index (χ0v) is 16.7. The van der Waals surface area contributed by atoms with Crippen molar-refractivity contribution in [3.63, 3.8) is 0 Å². The summed E-state index contributed by atoms with van der Waals surface area (Å²) >= 11 is 0. The van der Waals surface area contributed by atoms with Crippen LogP contribution in [0.1, 0.15) is 26.3 Å². The molecular formula is C20H28N4O5. The van der Waals surface area contributed by atoms with E-state index < -0.39 is 42.0 Å². The molecule has 2 amide bonds. The third kappa shape index (κ3) is 5.55. The number of hydrogen-bond acceptors (Lipinski definition) is 5. The molecule has 0 aliphatic carbocycles. The smallest absolute Gasteiger partial charge is 0.326 e. The SMILES string of the molecule is CC(C)[C@H](NC(=O)[C@@H](N)[C@@H](C)O)C(=O)N[C@@H](Cc1c[nH]c2ccccc12)C(=O)O. The van der Waals surface area contributed by atoms with Gasteiger partial charge < -0.3 is 31.6 Å². The van der Waals surface area contributed by atoms with Gasteiger partial charge in [0.2, 0.25) is 11.8 Å². The summed E-state index contributed by atoms with van der Waals surface area (Å²) in [5.74, 6) is -2.81. The van der Waals surface area contributed by atoms with Crippen molar-refractivity contribution in [1.82, 2.24) is 15.6 Å². The van der Waals surface area contributed by atoms with E-state index in [0.717, 1.165) is 16.5 Å². The minimum Gasteiger partial charge on any atom is -0.480 e. The third-order valence-corrected chi connectivity index (χ3v) is 4.78. The number of carboxylic acids is 1. The van der Waals surface area contributed by atoms with E-state index >= 15 is 0 Å². The number of aliphatic carboxylic acids is 1. The van der Waals surface area contributed by atoms with Crippen LogP contribution in [-0.2, 0) is 20.8 Å². The molecular weight excluding hydrogens is 376 g/mol. The highest BCUT2D eigenvalue weighted by atomic mass is 16.4. The molecule has 9 heteroatoms. The first-order chi connectivity index (χ1) is 13.6. The molecule has 4 atom stereocenters. The van der Waals surface area contributed by atoms with E-state index in [1.54, 1.807) is 20.0 Å². The number of nitrogens with one attached hydrogen (secondary N) is 3. The molecule has 158 valence electrons. The van der Waals surface area contributed by atoms with Crippen LogP contribution in [0.3, 0.4) is 0 Å². The summed E-state index contributed by atoms with van der Waals surface area (Å²) < 4.78 is 0. The molecule has 0 aliphatic heterocycles. The largest absolute Gasteiger partial charge is 0.480 e. The lowest BCUT2D eigenvalue weighted by Crippen LogP contribution is -2.58. The number of aliphatic hydroxyl groups is 1. The minimum atomic E-state index is -1.19. The van der Waals surface area contributed by atoms with Crippen LogP contribution in [0.15, 0.2) is 30.5 Å². The first kappa shape index (κ1) is 22.4.